The van der Waals surface area contributed by atoms with Gasteiger partial charge < -0.3 is 29.2 Å². The molecule has 0 bridgehead atoms. The van der Waals surface area contributed by atoms with Crippen LogP contribution in [0.3, 0.4) is 0 Å². The number of fused-ring (bicyclic) bond motifs is 1. The topological polar surface area (TPSA) is 112 Å². The van der Waals surface area contributed by atoms with Crippen LogP contribution in [-0.2, 0) is 16.1 Å². The van der Waals surface area contributed by atoms with Gasteiger partial charge in [-0.05, 0) is 55.7 Å². The lowest BCUT2D eigenvalue weighted by Gasteiger charge is -2.37. The molecule has 0 spiro atoms. The summed E-state index contributed by atoms with van der Waals surface area (Å²) in [5.74, 6) is -0.302. The van der Waals surface area contributed by atoms with Crippen LogP contribution in [0.5, 0.6) is 5.75 Å². The fraction of sp³-hybridized carbons (Fsp3) is 0.333. The molecule has 0 aliphatic carbocycles. The molecule has 2 aliphatic rings. The van der Waals surface area contributed by atoms with Crippen LogP contribution in [0.25, 0.3) is 11.0 Å². The van der Waals surface area contributed by atoms with Crippen molar-refractivity contribution in [1.82, 2.24) is 15.1 Å². The molecule has 0 radical (unpaired) electrons. The van der Waals surface area contributed by atoms with Crippen LogP contribution in [0, 0.1) is 6.92 Å². The number of nitrogens with zero attached hydrogens (tertiary/aromatic N) is 3. The zero-order valence-electron chi connectivity index (χ0n) is 26.7. The van der Waals surface area contributed by atoms with Crippen LogP contribution in [0.4, 0.5) is 5.69 Å². The fourth-order valence-corrected chi connectivity index (χ4v) is 5.77. The number of piperidine rings is 1. The van der Waals surface area contributed by atoms with Gasteiger partial charge in [0.1, 0.15) is 11.3 Å². The summed E-state index contributed by atoms with van der Waals surface area (Å²) in [5, 5.41) is 3.71. The van der Waals surface area contributed by atoms with E-state index in [1.54, 1.807) is 23.1 Å². The van der Waals surface area contributed by atoms with Gasteiger partial charge in [-0.3, -0.25) is 19.2 Å². The third-order valence-electron chi connectivity index (χ3n) is 8.32. The highest BCUT2D eigenvalue weighted by atomic mass is 35.5. The Morgan fingerprint density at radius 1 is 0.915 bits per heavy atom. The summed E-state index contributed by atoms with van der Waals surface area (Å²) in [6.07, 6.45) is 2.60. The lowest BCUT2D eigenvalue weighted by atomic mass is 10.1. The second kappa shape index (κ2) is 15.6. The number of amides is 3. The van der Waals surface area contributed by atoms with Crippen molar-refractivity contribution in [1.29, 1.82) is 0 Å². The standard InChI is InChI=1S/C29H32N4O6.C7H7Cl/c1-38-21-9-10-22-24(34)17-26(39-25(22)16-21)29(37)30-18-28(36)32-14-12-31(13-15-32)23-7-3-2-6-20(23)19-33-11-5-4-8-27(33)35;1-6-2-4-7(8)5-3-6/h2-3,6-7,9-10,16-17H,4-5,8,11-15,18-19H2,1H3,(H,30,37);2-5H,1H3. The number of carbonyl (C=O) groups excluding carboxylic acids is 3. The number of likely N-dealkylation sites (tertiary alicyclic amines) is 1. The van der Waals surface area contributed by atoms with E-state index in [1.165, 1.54) is 12.7 Å². The third-order valence-corrected chi connectivity index (χ3v) is 8.57. The molecule has 2 saturated heterocycles. The SMILES string of the molecule is COc1ccc2c(=O)cc(C(=O)NCC(=O)N3CCN(c4ccccc4CN4CCCCC4=O)CC3)oc2c1.Cc1ccc(Cl)cc1. The van der Waals surface area contributed by atoms with Crippen molar-refractivity contribution >= 4 is 46.0 Å². The first kappa shape index (κ1) is 33.5. The number of aryl methyl sites for hydroxylation is 1. The van der Waals surface area contributed by atoms with Gasteiger partial charge in [0.2, 0.25) is 11.8 Å². The molecule has 0 saturated carbocycles. The van der Waals surface area contributed by atoms with Gasteiger partial charge in [-0.25, -0.2) is 0 Å². The molecule has 1 aromatic heterocycles. The van der Waals surface area contributed by atoms with Gasteiger partial charge in [0.15, 0.2) is 11.2 Å². The number of hydrogen-bond donors (Lipinski definition) is 1. The lowest BCUT2D eigenvalue weighted by Crippen LogP contribution is -2.51. The zero-order chi connectivity index (χ0) is 33.3. The average Bonchev–Trinajstić information content (AvgIpc) is 3.09. The molecule has 2 fully saturated rings. The number of carbonyl (C=O) groups is 3. The first-order valence-corrected chi connectivity index (χ1v) is 16.1. The number of rotatable bonds is 7. The van der Waals surface area contributed by atoms with Gasteiger partial charge in [0, 0.05) is 68.5 Å². The predicted octanol–water partition coefficient (Wildman–Crippen LogP) is 5.04. The molecule has 246 valence electrons. The second-order valence-corrected chi connectivity index (χ2v) is 12.0. The van der Waals surface area contributed by atoms with Gasteiger partial charge >= 0.3 is 0 Å². The quantitative estimate of drug-likeness (QED) is 0.296. The molecule has 47 heavy (non-hydrogen) atoms. The number of ether oxygens (including phenoxy) is 1. The number of anilines is 1. The maximum absolute atomic E-state index is 12.8. The summed E-state index contributed by atoms with van der Waals surface area (Å²) < 4.78 is 10.8. The monoisotopic (exact) mass is 658 g/mol. The number of halogens is 1. The highest BCUT2D eigenvalue weighted by Crippen LogP contribution is 2.25. The summed E-state index contributed by atoms with van der Waals surface area (Å²) in [5.41, 5.74) is 3.32. The Morgan fingerprint density at radius 3 is 2.36 bits per heavy atom. The smallest absolute Gasteiger partial charge is 0.287 e. The molecule has 0 atom stereocenters. The Kier molecular flexibility index (Phi) is 11.2. The van der Waals surface area contributed by atoms with E-state index < -0.39 is 5.91 Å². The van der Waals surface area contributed by atoms with E-state index in [0.717, 1.165) is 41.7 Å². The van der Waals surface area contributed by atoms with E-state index in [9.17, 15) is 19.2 Å². The highest BCUT2D eigenvalue weighted by molar-refractivity contribution is 6.30. The van der Waals surface area contributed by atoms with Crippen LogP contribution >= 0.6 is 11.6 Å². The predicted molar refractivity (Wildman–Crippen MR) is 182 cm³/mol. The van der Waals surface area contributed by atoms with Gasteiger partial charge in [-0.15, -0.1) is 0 Å². The number of piperazine rings is 1. The van der Waals surface area contributed by atoms with Crippen molar-refractivity contribution in [3.05, 3.63) is 105 Å². The first-order chi connectivity index (χ1) is 22.7. The Hall–Kier alpha value is -4.83. The molecular formula is C36H39ClN4O6. The van der Waals surface area contributed by atoms with Gasteiger partial charge in [-0.1, -0.05) is 47.5 Å². The Labute approximate surface area is 278 Å². The molecule has 0 unspecified atom stereocenters. The molecule has 3 heterocycles. The van der Waals surface area contributed by atoms with Crippen molar-refractivity contribution in [2.24, 2.45) is 0 Å². The molecule has 2 aliphatic heterocycles. The van der Waals surface area contributed by atoms with Crippen molar-refractivity contribution in [2.45, 2.75) is 32.7 Å². The van der Waals surface area contributed by atoms with E-state index in [1.807, 2.05) is 48.2 Å². The number of nitrogens with one attached hydrogen (secondary N) is 1. The Balaban J connectivity index is 0.000000474. The van der Waals surface area contributed by atoms with E-state index in [4.69, 9.17) is 20.8 Å². The van der Waals surface area contributed by atoms with Crippen molar-refractivity contribution in [2.75, 3.05) is 51.3 Å². The summed E-state index contributed by atoms with van der Waals surface area (Å²) in [6.45, 7) is 5.53. The number of methoxy groups -OCH3 is 1. The van der Waals surface area contributed by atoms with Crippen molar-refractivity contribution in [3.63, 3.8) is 0 Å². The van der Waals surface area contributed by atoms with Crippen LogP contribution in [-0.4, -0.2) is 73.9 Å². The van der Waals surface area contributed by atoms with Gasteiger partial charge in [0.05, 0.1) is 19.0 Å². The van der Waals surface area contributed by atoms with Crippen LogP contribution < -0.4 is 20.4 Å². The zero-order valence-corrected chi connectivity index (χ0v) is 27.4. The van der Waals surface area contributed by atoms with E-state index in [-0.39, 0.29) is 35.1 Å². The minimum atomic E-state index is -0.634. The van der Waals surface area contributed by atoms with Crippen LogP contribution in [0.15, 0.2) is 82.0 Å². The van der Waals surface area contributed by atoms with E-state index in [2.05, 4.69) is 22.3 Å². The molecule has 3 amide bonds. The minimum Gasteiger partial charge on any atom is -0.497 e. The molecule has 11 heteroatoms. The molecule has 4 aromatic rings. The number of para-hydroxylation sites is 1. The van der Waals surface area contributed by atoms with Crippen molar-refractivity contribution in [3.8, 4) is 5.75 Å². The first-order valence-electron chi connectivity index (χ1n) is 15.7. The van der Waals surface area contributed by atoms with E-state index in [0.29, 0.717) is 50.3 Å². The normalized spacial score (nSPS) is 14.8. The molecule has 6 rings (SSSR count). The van der Waals surface area contributed by atoms with Crippen LogP contribution in [0.2, 0.25) is 5.02 Å². The van der Waals surface area contributed by atoms with Gasteiger partial charge in [0.25, 0.3) is 5.91 Å². The minimum absolute atomic E-state index is 0.165. The maximum Gasteiger partial charge on any atom is 0.287 e. The van der Waals surface area contributed by atoms with Crippen LogP contribution in [0.1, 0.15) is 40.9 Å². The largest absolute Gasteiger partial charge is 0.497 e. The fourth-order valence-electron chi connectivity index (χ4n) is 5.65. The number of hydrogen-bond acceptors (Lipinski definition) is 7. The summed E-state index contributed by atoms with van der Waals surface area (Å²) in [7, 11) is 1.50. The van der Waals surface area contributed by atoms with Gasteiger partial charge in [-0.2, -0.15) is 0 Å². The second-order valence-electron chi connectivity index (χ2n) is 11.6. The molecule has 10 nitrogen and oxygen atoms in total. The maximum atomic E-state index is 12.8. The molecular weight excluding hydrogens is 620 g/mol. The average molecular weight is 659 g/mol. The summed E-state index contributed by atoms with van der Waals surface area (Å²) in [6, 6.07) is 21.7. The third kappa shape index (κ3) is 8.71. The summed E-state index contributed by atoms with van der Waals surface area (Å²) >= 11 is 5.61. The van der Waals surface area contributed by atoms with E-state index >= 15 is 0 Å². The summed E-state index contributed by atoms with van der Waals surface area (Å²) in [4.78, 5) is 56.1. The highest BCUT2D eigenvalue weighted by Gasteiger charge is 2.25. The Bertz CT molecular complexity index is 1760. The molecule has 1 N–H and O–H groups in total. The van der Waals surface area contributed by atoms with Crippen molar-refractivity contribution < 1.29 is 23.5 Å². The Morgan fingerprint density at radius 2 is 1.66 bits per heavy atom. The molecule has 3 aromatic carbocycles. The number of benzene rings is 3. The lowest BCUT2D eigenvalue weighted by molar-refractivity contribution is -0.134.